The van der Waals surface area contributed by atoms with Crippen molar-refractivity contribution in [2.75, 3.05) is 38.4 Å². The van der Waals surface area contributed by atoms with E-state index >= 15 is 0 Å². The van der Waals surface area contributed by atoms with E-state index < -0.39 is 0 Å². The summed E-state index contributed by atoms with van der Waals surface area (Å²) in [5, 5.41) is 11.9. The van der Waals surface area contributed by atoms with Gasteiger partial charge in [-0.2, -0.15) is 5.26 Å². The number of thioether (sulfide) groups is 1. The van der Waals surface area contributed by atoms with E-state index in [-0.39, 0.29) is 11.9 Å². The number of anilines is 1. The smallest absolute Gasteiger partial charge is 0.279 e. The van der Waals surface area contributed by atoms with Gasteiger partial charge in [-0.15, -0.1) is 11.8 Å². The van der Waals surface area contributed by atoms with Crippen LogP contribution in [0.2, 0.25) is 0 Å². The number of hydrogen-bond acceptors (Lipinski definition) is 5. The molecule has 1 aliphatic rings. The summed E-state index contributed by atoms with van der Waals surface area (Å²) in [5.74, 6) is 1.94. The van der Waals surface area contributed by atoms with Gasteiger partial charge in [-0.3, -0.25) is 4.79 Å². The molecule has 2 aromatic rings. The monoisotopic (exact) mass is 412 g/mol. The van der Waals surface area contributed by atoms with Gasteiger partial charge in [0.05, 0.1) is 43.8 Å². The Morgan fingerprint density at radius 1 is 1.28 bits per heavy atom. The number of para-hydroxylation sites is 1. The van der Waals surface area contributed by atoms with Gasteiger partial charge in [-0.05, 0) is 30.3 Å². The van der Waals surface area contributed by atoms with E-state index in [1.807, 2.05) is 42.5 Å². The number of carbonyl (C=O) groups excluding carboxylic acids is 1. The van der Waals surface area contributed by atoms with Crippen LogP contribution in [0.5, 0.6) is 11.5 Å². The Bertz CT molecular complexity index is 897. The molecule has 1 aliphatic heterocycles. The second-order valence-electron chi connectivity index (χ2n) is 6.88. The van der Waals surface area contributed by atoms with Crippen molar-refractivity contribution >= 4 is 23.4 Å². The molecule has 0 spiro atoms. The molecule has 2 aromatic carbocycles. The van der Waals surface area contributed by atoms with Crippen molar-refractivity contribution in [2.24, 2.45) is 0 Å². The molecule has 2 atom stereocenters. The number of nitrogens with zero attached hydrogens (tertiary/aromatic N) is 1. The summed E-state index contributed by atoms with van der Waals surface area (Å²) in [6.07, 6.45) is 2.06. The van der Waals surface area contributed by atoms with E-state index in [0.717, 1.165) is 47.0 Å². The Hall–Kier alpha value is -2.69. The lowest BCUT2D eigenvalue weighted by atomic mass is 10.0. The molecule has 152 valence electrons. The maximum atomic E-state index is 12.8. The van der Waals surface area contributed by atoms with Crippen molar-refractivity contribution in [3.05, 3.63) is 48.0 Å². The van der Waals surface area contributed by atoms with Crippen LogP contribution in [-0.4, -0.2) is 39.0 Å². The molecular weight excluding hydrogens is 386 g/mol. The molecule has 1 amide bonds. The van der Waals surface area contributed by atoms with E-state index in [4.69, 9.17) is 14.7 Å². The highest BCUT2D eigenvalue weighted by molar-refractivity contribution is 7.99. The highest BCUT2D eigenvalue weighted by Crippen LogP contribution is 2.32. The minimum atomic E-state index is -0.0289. The van der Waals surface area contributed by atoms with Gasteiger partial charge in [0.15, 0.2) is 6.54 Å². The molecule has 1 fully saturated rings. The zero-order chi connectivity index (χ0) is 20.6. The van der Waals surface area contributed by atoms with Gasteiger partial charge in [0.2, 0.25) is 0 Å². The predicted molar refractivity (Wildman–Crippen MR) is 114 cm³/mol. The lowest BCUT2D eigenvalue weighted by Gasteiger charge is -2.23. The number of rotatable bonds is 8. The average Bonchev–Trinajstić information content (AvgIpc) is 3.20. The molecule has 7 heteroatoms. The number of benzene rings is 2. The first-order chi connectivity index (χ1) is 14.2. The number of hydrogen-bond donors (Lipinski definition) is 2. The molecule has 29 heavy (non-hydrogen) atoms. The van der Waals surface area contributed by atoms with Crippen molar-refractivity contribution in [3.63, 3.8) is 0 Å². The van der Waals surface area contributed by atoms with E-state index in [1.165, 1.54) is 16.7 Å². The van der Waals surface area contributed by atoms with E-state index in [2.05, 4.69) is 11.4 Å². The van der Waals surface area contributed by atoms with Crippen molar-refractivity contribution in [1.82, 2.24) is 0 Å². The number of ether oxygens (including phenoxy) is 2. The summed E-state index contributed by atoms with van der Waals surface area (Å²) >= 11 is 1.43. The summed E-state index contributed by atoms with van der Waals surface area (Å²) < 4.78 is 10.9. The van der Waals surface area contributed by atoms with E-state index in [0.29, 0.717) is 12.3 Å². The van der Waals surface area contributed by atoms with Gasteiger partial charge in [0.25, 0.3) is 5.91 Å². The standard InChI is InChI=1S/C22H25N3O3S/c1-27-16-9-10-20(28-2)17(14-16)19-7-5-12-25(19)15-22(26)24-18-6-3-4-8-21(18)29-13-11-23/h3-4,6,8-10,14,19H,5,7,12-13,15H2,1-2H3,(H,24,26)/p+1/t19-/m1/s1. The number of quaternary nitrogens is 1. The van der Waals surface area contributed by atoms with Crippen LogP contribution in [0, 0.1) is 11.3 Å². The van der Waals surface area contributed by atoms with Crippen LogP contribution in [0.3, 0.4) is 0 Å². The number of nitrogens with one attached hydrogen (secondary N) is 2. The van der Waals surface area contributed by atoms with Gasteiger partial charge < -0.3 is 19.7 Å². The topological polar surface area (TPSA) is 75.8 Å². The quantitative estimate of drug-likeness (QED) is 0.652. The van der Waals surface area contributed by atoms with Crippen LogP contribution >= 0.6 is 11.8 Å². The van der Waals surface area contributed by atoms with Crippen LogP contribution in [0.25, 0.3) is 0 Å². The SMILES string of the molecule is COc1ccc(OC)c([C@H]2CCC[NH+]2CC(=O)Nc2ccccc2SCC#N)c1. The van der Waals surface area contributed by atoms with E-state index in [9.17, 15) is 4.79 Å². The Labute approximate surface area is 175 Å². The highest BCUT2D eigenvalue weighted by Gasteiger charge is 2.34. The van der Waals surface area contributed by atoms with Crippen LogP contribution in [0.1, 0.15) is 24.4 Å². The van der Waals surface area contributed by atoms with Gasteiger partial charge >= 0.3 is 0 Å². The van der Waals surface area contributed by atoms with Gasteiger partial charge in [0, 0.05) is 17.7 Å². The predicted octanol–water partition coefficient (Wildman–Crippen LogP) is 2.68. The van der Waals surface area contributed by atoms with Gasteiger partial charge in [-0.1, -0.05) is 12.1 Å². The van der Waals surface area contributed by atoms with Crippen molar-refractivity contribution in [3.8, 4) is 17.6 Å². The summed E-state index contributed by atoms with van der Waals surface area (Å²) in [6, 6.07) is 15.7. The van der Waals surface area contributed by atoms with Crippen LogP contribution in [-0.2, 0) is 4.79 Å². The van der Waals surface area contributed by atoms with E-state index in [1.54, 1.807) is 14.2 Å². The molecule has 0 saturated carbocycles. The highest BCUT2D eigenvalue weighted by atomic mass is 32.2. The molecule has 0 bridgehead atoms. The second kappa shape index (κ2) is 10.2. The third-order valence-corrected chi connectivity index (χ3v) is 6.08. The molecule has 3 rings (SSSR count). The Morgan fingerprint density at radius 3 is 2.86 bits per heavy atom. The molecule has 0 aromatic heterocycles. The number of amides is 1. The van der Waals surface area contributed by atoms with Crippen molar-refractivity contribution < 1.29 is 19.2 Å². The van der Waals surface area contributed by atoms with Crippen LogP contribution in [0.4, 0.5) is 5.69 Å². The second-order valence-corrected chi connectivity index (χ2v) is 7.90. The zero-order valence-electron chi connectivity index (χ0n) is 16.7. The molecule has 1 unspecified atom stereocenters. The molecule has 0 radical (unpaired) electrons. The van der Waals surface area contributed by atoms with Crippen molar-refractivity contribution in [2.45, 2.75) is 23.8 Å². The third-order valence-electron chi connectivity index (χ3n) is 5.14. The first kappa shape index (κ1) is 21.0. The summed E-state index contributed by atoms with van der Waals surface area (Å²) in [5.41, 5.74) is 1.84. The van der Waals surface area contributed by atoms with Crippen molar-refractivity contribution in [1.29, 1.82) is 5.26 Å². The summed E-state index contributed by atoms with van der Waals surface area (Å²) in [6.45, 7) is 1.31. The molecule has 0 aliphatic carbocycles. The lowest BCUT2D eigenvalue weighted by Crippen LogP contribution is -3.11. The Kier molecular flexibility index (Phi) is 7.39. The minimum Gasteiger partial charge on any atom is -0.497 e. The fourth-order valence-corrected chi connectivity index (χ4v) is 4.49. The Balaban J connectivity index is 1.72. The molecule has 6 nitrogen and oxygen atoms in total. The number of methoxy groups -OCH3 is 2. The number of likely N-dealkylation sites (tertiary alicyclic amines) is 1. The summed E-state index contributed by atoms with van der Waals surface area (Å²) in [7, 11) is 3.32. The normalized spacial score (nSPS) is 18.1. The largest absolute Gasteiger partial charge is 0.497 e. The van der Waals surface area contributed by atoms with Crippen LogP contribution < -0.4 is 19.7 Å². The maximum Gasteiger partial charge on any atom is 0.279 e. The summed E-state index contributed by atoms with van der Waals surface area (Å²) in [4.78, 5) is 14.9. The first-order valence-electron chi connectivity index (χ1n) is 9.61. The fourth-order valence-electron chi connectivity index (χ4n) is 3.82. The fraction of sp³-hybridized carbons (Fsp3) is 0.364. The molecule has 1 saturated heterocycles. The maximum absolute atomic E-state index is 12.8. The number of carbonyl (C=O) groups is 1. The third kappa shape index (κ3) is 5.22. The zero-order valence-corrected chi connectivity index (χ0v) is 17.6. The van der Waals surface area contributed by atoms with Crippen LogP contribution in [0.15, 0.2) is 47.4 Å². The first-order valence-corrected chi connectivity index (χ1v) is 10.6. The Morgan fingerprint density at radius 2 is 2.10 bits per heavy atom. The van der Waals surface area contributed by atoms with Gasteiger partial charge in [0.1, 0.15) is 17.5 Å². The number of nitriles is 1. The lowest BCUT2D eigenvalue weighted by molar-refractivity contribution is -0.910. The minimum absolute atomic E-state index is 0.0289. The molecule has 2 N–H and O–H groups in total. The molecular formula is C22H26N3O3S+. The van der Waals surface area contributed by atoms with Gasteiger partial charge in [-0.25, -0.2) is 0 Å². The average molecular weight is 413 g/mol. The molecule has 1 heterocycles.